The molecule has 0 spiro atoms. The number of fused-ring (bicyclic) bond motifs is 1. The highest BCUT2D eigenvalue weighted by molar-refractivity contribution is 7.16. The summed E-state index contributed by atoms with van der Waals surface area (Å²) >= 11 is 1.26. The number of methoxy groups -OCH3 is 1. The van der Waals surface area contributed by atoms with Crippen LogP contribution < -0.4 is 14.8 Å². The molecule has 8 nitrogen and oxygen atoms in total. The van der Waals surface area contributed by atoms with Crippen molar-refractivity contribution in [1.29, 1.82) is 0 Å². The lowest BCUT2D eigenvalue weighted by molar-refractivity contribution is -0.119. The van der Waals surface area contributed by atoms with Gasteiger partial charge in [-0.3, -0.25) is 4.79 Å². The molecule has 1 N–H and O–H groups in total. The Kier molecular flexibility index (Phi) is 7.36. The monoisotopic (exact) mass is 495 g/mol. The zero-order chi connectivity index (χ0) is 24.9. The van der Waals surface area contributed by atoms with Gasteiger partial charge in [0.05, 0.1) is 18.2 Å². The molecule has 1 amide bonds. The number of esters is 2. The molecule has 3 aromatic rings. The van der Waals surface area contributed by atoms with Crippen LogP contribution in [0.15, 0.2) is 42.5 Å². The van der Waals surface area contributed by atoms with Crippen LogP contribution in [0.3, 0.4) is 0 Å². The summed E-state index contributed by atoms with van der Waals surface area (Å²) < 4.78 is 20.9. The normalized spacial score (nSPS) is 11.7. The van der Waals surface area contributed by atoms with Crippen molar-refractivity contribution >= 4 is 34.2 Å². The van der Waals surface area contributed by atoms with Crippen LogP contribution in [0.2, 0.25) is 0 Å². The molecule has 2 heterocycles. The number of anilines is 1. The number of benzene rings is 2. The lowest BCUT2D eigenvalue weighted by Gasteiger charge is -2.09. The van der Waals surface area contributed by atoms with Crippen LogP contribution in [0.5, 0.6) is 11.5 Å². The van der Waals surface area contributed by atoms with E-state index in [1.807, 2.05) is 44.2 Å². The van der Waals surface area contributed by atoms with Gasteiger partial charge in [0.2, 0.25) is 6.79 Å². The van der Waals surface area contributed by atoms with E-state index in [0.29, 0.717) is 28.5 Å². The number of hydrogen-bond acceptors (Lipinski definition) is 8. The number of hydrogen-bond donors (Lipinski definition) is 1. The van der Waals surface area contributed by atoms with Crippen LogP contribution in [-0.4, -0.2) is 38.4 Å². The summed E-state index contributed by atoms with van der Waals surface area (Å²) in [4.78, 5) is 38.3. The van der Waals surface area contributed by atoms with E-state index in [2.05, 4.69) is 5.32 Å². The van der Waals surface area contributed by atoms with Crippen molar-refractivity contribution in [3.05, 3.63) is 75.2 Å². The molecule has 182 valence electrons. The van der Waals surface area contributed by atoms with Crippen molar-refractivity contribution in [2.24, 2.45) is 0 Å². The summed E-state index contributed by atoms with van der Waals surface area (Å²) in [6.07, 6.45) is 1.29. The molecule has 0 aliphatic carbocycles. The summed E-state index contributed by atoms with van der Waals surface area (Å²) in [5, 5.41) is 3.04. The molecule has 0 radical (unpaired) electrons. The van der Waals surface area contributed by atoms with Crippen molar-refractivity contribution in [2.45, 2.75) is 26.7 Å². The minimum atomic E-state index is -0.596. The molecule has 0 unspecified atom stereocenters. The van der Waals surface area contributed by atoms with Gasteiger partial charge in [-0.1, -0.05) is 25.1 Å². The average molecular weight is 496 g/mol. The van der Waals surface area contributed by atoms with E-state index in [1.54, 1.807) is 12.1 Å². The van der Waals surface area contributed by atoms with E-state index >= 15 is 0 Å². The Balaban J connectivity index is 1.47. The van der Waals surface area contributed by atoms with Crippen LogP contribution in [0.25, 0.3) is 0 Å². The number of nitrogens with one attached hydrogen (secondary N) is 1. The standard InChI is InChI=1S/C26H25NO7S/c1-4-16-5-8-18(9-6-16)25(29)32-13-22(28)27-24-23(26(30)31-3)19(15(2)35-24)11-17-7-10-20-21(12-17)34-14-33-20/h5-10,12H,4,11,13-14H2,1-3H3,(H,27,28). The van der Waals surface area contributed by atoms with Crippen LogP contribution in [-0.2, 0) is 27.1 Å². The van der Waals surface area contributed by atoms with Crippen LogP contribution in [0.1, 0.15) is 49.2 Å². The van der Waals surface area contributed by atoms with Crippen molar-refractivity contribution in [2.75, 3.05) is 25.8 Å². The van der Waals surface area contributed by atoms with Gasteiger partial charge in [-0.25, -0.2) is 9.59 Å². The summed E-state index contributed by atoms with van der Waals surface area (Å²) in [5.41, 5.74) is 3.40. The molecule has 9 heteroatoms. The molecule has 35 heavy (non-hydrogen) atoms. The minimum Gasteiger partial charge on any atom is -0.465 e. The Morgan fingerprint density at radius 3 is 2.43 bits per heavy atom. The van der Waals surface area contributed by atoms with Crippen molar-refractivity contribution in [1.82, 2.24) is 0 Å². The first-order valence-electron chi connectivity index (χ1n) is 11.0. The number of carbonyl (C=O) groups excluding carboxylic acids is 3. The number of carbonyl (C=O) groups is 3. The fraction of sp³-hybridized carbons (Fsp3) is 0.269. The maximum atomic E-state index is 12.6. The fourth-order valence-corrected chi connectivity index (χ4v) is 4.78. The van der Waals surface area contributed by atoms with Crippen LogP contribution in [0, 0.1) is 6.92 Å². The second-order valence-electron chi connectivity index (χ2n) is 7.87. The second-order valence-corrected chi connectivity index (χ2v) is 9.10. The Bertz CT molecular complexity index is 1260. The number of rotatable bonds is 8. The van der Waals surface area contributed by atoms with Crippen molar-refractivity contribution in [3.63, 3.8) is 0 Å². The molecule has 0 fully saturated rings. The van der Waals surface area contributed by atoms with E-state index in [-0.39, 0.29) is 12.4 Å². The molecule has 0 saturated heterocycles. The highest BCUT2D eigenvalue weighted by Crippen LogP contribution is 2.37. The van der Waals surface area contributed by atoms with E-state index in [9.17, 15) is 14.4 Å². The maximum Gasteiger partial charge on any atom is 0.341 e. The van der Waals surface area contributed by atoms with Gasteiger partial charge in [0.25, 0.3) is 5.91 Å². The largest absolute Gasteiger partial charge is 0.465 e. The average Bonchev–Trinajstić information content (AvgIpc) is 3.45. The van der Waals surface area contributed by atoms with Gasteiger partial charge in [0.1, 0.15) is 5.00 Å². The highest BCUT2D eigenvalue weighted by Gasteiger charge is 2.25. The van der Waals surface area contributed by atoms with Crippen molar-refractivity contribution in [3.8, 4) is 11.5 Å². The van der Waals surface area contributed by atoms with E-state index in [1.165, 1.54) is 18.4 Å². The third-order valence-corrected chi connectivity index (χ3v) is 6.66. The maximum absolute atomic E-state index is 12.6. The lowest BCUT2D eigenvalue weighted by Crippen LogP contribution is -2.21. The highest BCUT2D eigenvalue weighted by atomic mass is 32.1. The Morgan fingerprint density at radius 2 is 1.71 bits per heavy atom. The Labute approximate surface area is 206 Å². The quantitative estimate of drug-likeness (QED) is 0.459. The zero-order valence-electron chi connectivity index (χ0n) is 19.6. The molecule has 0 saturated carbocycles. The topological polar surface area (TPSA) is 100 Å². The lowest BCUT2D eigenvalue weighted by atomic mass is 10.0. The summed E-state index contributed by atoms with van der Waals surface area (Å²) in [6, 6.07) is 12.6. The third-order valence-electron chi connectivity index (χ3n) is 5.60. The third kappa shape index (κ3) is 5.46. The molecule has 1 aliphatic heterocycles. The molecule has 2 aromatic carbocycles. The molecular formula is C26H25NO7S. The predicted molar refractivity (Wildman–Crippen MR) is 130 cm³/mol. The Morgan fingerprint density at radius 1 is 1.00 bits per heavy atom. The van der Waals surface area contributed by atoms with Gasteiger partial charge >= 0.3 is 11.9 Å². The van der Waals surface area contributed by atoms with E-state index in [0.717, 1.165) is 28.0 Å². The smallest absolute Gasteiger partial charge is 0.341 e. The van der Waals surface area contributed by atoms with Gasteiger partial charge in [-0.15, -0.1) is 11.3 Å². The molecule has 4 rings (SSSR count). The first kappa shape index (κ1) is 24.3. The number of amides is 1. The first-order valence-corrected chi connectivity index (χ1v) is 11.9. The SMILES string of the molecule is CCc1ccc(C(=O)OCC(=O)Nc2sc(C)c(Cc3ccc4c(c3)OCO4)c2C(=O)OC)cc1. The molecule has 0 atom stereocenters. The molecule has 1 aromatic heterocycles. The summed E-state index contributed by atoms with van der Waals surface area (Å²) in [5.74, 6) is -0.387. The Hall–Kier alpha value is -3.85. The van der Waals surface area contributed by atoms with Crippen LogP contribution >= 0.6 is 11.3 Å². The summed E-state index contributed by atoms with van der Waals surface area (Å²) in [7, 11) is 1.29. The minimum absolute atomic E-state index is 0.175. The summed E-state index contributed by atoms with van der Waals surface area (Å²) in [6.45, 7) is 3.58. The van der Waals surface area contributed by atoms with Gasteiger partial charge in [0, 0.05) is 4.88 Å². The zero-order valence-corrected chi connectivity index (χ0v) is 20.5. The van der Waals surface area contributed by atoms with Gasteiger partial charge in [-0.2, -0.15) is 0 Å². The first-order chi connectivity index (χ1) is 16.9. The number of thiophene rings is 1. The van der Waals surface area contributed by atoms with Gasteiger partial charge in [0.15, 0.2) is 18.1 Å². The molecular weight excluding hydrogens is 470 g/mol. The number of aryl methyl sites for hydroxylation is 2. The van der Waals surface area contributed by atoms with Crippen LogP contribution in [0.4, 0.5) is 5.00 Å². The van der Waals surface area contributed by atoms with Gasteiger partial charge < -0.3 is 24.3 Å². The van der Waals surface area contributed by atoms with Gasteiger partial charge in [-0.05, 0) is 60.7 Å². The van der Waals surface area contributed by atoms with E-state index < -0.39 is 24.5 Å². The predicted octanol–water partition coefficient (Wildman–Crippen LogP) is 4.52. The molecule has 0 bridgehead atoms. The second kappa shape index (κ2) is 10.6. The van der Waals surface area contributed by atoms with E-state index in [4.69, 9.17) is 18.9 Å². The fourth-order valence-electron chi connectivity index (χ4n) is 3.71. The van der Waals surface area contributed by atoms with Crippen molar-refractivity contribution < 1.29 is 33.3 Å². The number of ether oxygens (including phenoxy) is 4. The molecule has 1 aliphatic rings.